The van der Waals surface area contributed by atoms with Gasteiger partial charge in [0.05, 0.1) is 13.1 Å². The largest absolute Gasteiger partial charge is 0.331 e. The van der Waals surface area contributed by atoms with E-state index >= 15 is 0 Å². The van der Waals surface area contributed by atoms with Crippen molar-refractivity contribution < 1.29 is 9.59 Å². The van der Waals surface area contributed by atoms with E-state index in [1.165, 1.54) is 0 Å². The molecule has 0 radical (unpaired) electrons. The zero-order chi connectivity index (χ0) is 17.1. The molecule has 1 aromatic heterocycles. The molecule has 1 atom stereocenters. The van der Waals surface area contributed by atoms with Crippen molar-refractivity contribution >= 4 is 11.8 Å². The van der Waals surface area contributed by atoms with E-state index in [1.807, 2.05) is 37.4 Å². The van der Waals surface area contributed by atoms with Crippen LogP contribution in [0.5, 0.6) is 0 Å². The highest BCUT2D eigenvalue weighted by atomic mass is 16.2. The summed E-state index contributed by atoms with van der Waals surface area (Å²) < 4.78 is 1.76. The number of hydrogen-bond acceptors (Lipinski definition) is 4. The van der Waals surface area contributed by atoms with Gasteiger partial charge in [0.2, 0.25) is 11.8 Å². The van der Waals surface area contributed by atoms with Crippen molar-refractivity contribution in [3.05, 3.63) is 48.0 Å². The summed E-state index contributed by atoms with van der Waals surface area (Å²) in [6.45, 7) is 2.74. The number of rotatable bonds is 5. The monoisotopic (exact) mass is 327 g/mol. The normalized spacial score (nSPS) is 18.3. The van der Waals surface area contributed by atoms with Gasteiger partial charge in [0.15, 0.2) is 5.82 Å². The van der Waals surface area contributed by atoms with Crippen LogP contribution in [0.25, 0.3) is 0 Å². The van der Waals surface area contributed by atoms with Crippen molar-refractivity contribution in [3.8, 4) is 0 Å². The molecule has 2 heterocycles. The third-order valence-electron chi connectivity index (χ3n) is 4.41. The van der Waals surface area contributed by atoms with E-state index in [-0.39, 0.29) is 18.4 Å². The van der Waals surface area contributed by atoms with E-state index in [9.17, 15) is 9.59 Å². The molecule has 1 aliphatic heterocycles. The van der Waals surface area contributed by atoms with Gasteiger partial charge >= 0.3 is 0 Å². The molecule has 0 aliphatic carbocycles. The molecule has 0 unspecified atom stereocenters. The Labute approximate surface area is 140 Å². The molecule has 24 heavy (non-hydrogen) atoms. The van der Waals surface area contributed by atoms with E-state index < -0.39 is 6.04 Å². The summed E-state index contributed by atoms with van der Waals surface area (Å²) in [5.41, 5.74) is 1.16. The number of aromatic nitrogens is 3. The number of carbonyl (C=O) groups is 2. The predicted octanol–water partition coefficient (Wildman–Crippen LogP) is 0.617. The smallest absolute Gasteiger partial charge is 0.245 e. The zero-order valence-corrected chi connectivity index (χ0v) is 13.9. The maximum absolute atomic E-state index is 12.6. The van der Waals surface area contributed by atoms with E-state index in [0.717, 1.165) is 12.0 Å². The van der Waals surface area contributed by atoms with Crippen molar-refractivity contribution in [2.45, 2.75) is 25.9 Å². The Balaban J connectivity index is 1.64. The molecular formula is C17H21N5O2. The van der Waals surface area contributed by atoms with Gasteiger partial charge in [-0.15, -0.1) is 10.2 Å². The Morgan fingerprint density at radius 3 is 2.62 bits per heavy atom. The van der Waals surface area contributed by atoms with Crippen LogP contribution in [0, 0.1) is 0 Å². The first kappa shape index (κ1) is 16.2. The Bertz CT molecular complexity index is 728. The molecule has 1 aliphatic rings. The lowest BCUT2D eigenvalue weighted by Gasteiger charge is -2.38. The summed E-state index contributed by atoms with van der Waals surface area (Å²) in [6, 6.07) is 9.48. The number of hydrogen-bond donors (Lipinski definition) is 0. The minimum atomic E-state index is -0.487. The van der Waals surface area contributed by atoms with Crippen molar-refractivity contribution in [1.82, 2.24) is 24.6 Å². The SMILES string of the molecule is C[C@@H]1C(=O)N(CCc2ccccc2)CC(=O)N1Cc1nncn1C. The van der Waals surface area contributed by atoms with Crippen LogP contribution in [0.4, 0.5) is 0 Å². The summed E-state index contributed by atoms with van der Waals surface area (Å²) in [7, 11) is 1.82. The average molecular weight is 327 g/mol. The van der Waals surface area contributed by atoms with Crippen molar-refractivity contribution in [1.29, 1.82) is 0 Å². The average Bonchev–Trinajstić information content (AvgIpc) is 2.99. The third-order valence-corrected chi connectivity index (χ3v) is 4.41. The first-order valence-electron chi connectivity index (χ1n) is 8.01. The second-order valence-electron chi connectivity index (χ2n) is 6.05. The molecule has 0 bridgehead atoms. The second-order valence-corrected chi connectivity index (χ2v) is 6.05. The molecule has 1 fully saturated rings. The van der Waals surface area contributed by atoms with Gasteiger partial charge in [-0.1, -0.05) is 30.3 Å². The molecular weight excluding hydrogens is 306 g/mol. The lowest BCUT2D eigenvalue weighted by Crippen LogP contribution is -2.58. The quantitative estimate of drug-likeness (QED) is 0.807. The molecule has 1 saturated heterocycles. The molecule has 2 amide bonds. The van der Waals surface area contributed by atoms with Crippen LogP contribution in [0.3, 0.4) is 0 Å². The molecule has 0 spiro atoms. The fraction of sp³-hybridized carbons (Fsp3) is 0.412. The van der Waals surface area contributed by atoms with Crippen LogP contribution in [-0.4, -0.2) is 55.5 Å². The van der Waals surface area contributed by atoms with Crippen molar-refractivity contribution in [3.63, 3.8) is 0 Å². The van der Waals surface area contributed by atoms with Crippen LogP contribution < -0.4 is 0 Å². The van der Waals surface area contributed by atoms with Gasteiger partial charge in [-0.2, -0.15) is 0 Å². The summed E-state index contributed by atoms with van der Waals surface area (Å²) >= 11 is 0. The number of piperazine rings is 1. The Morgan fingerprint density at radius 2 is 1.96 bits per heavy atom. The maximum atomic E-state index is 12.6. The lowest BCUT2D eigenvalue weighted by atomic mass is 10.1. The molecule has 126 valence electrons. The van der Waals surface area contributed by atoms with E-state index in [4.69, 9.17) is 0 Å². The fourth-order valence-electron chi connectivity index (χ4n) is 2.87. The zero-order valence-electron chi connectivity index (χ0n) is 13.9. The molecule has 7 nitrogen and oxygen atoms in total. The first-order chi connectivity index (χ1) is 11.6. The van der Waals surface area contributed by atoms with Gasteiger partial charge in [-0.05, 0) is 18.9 Å². The highest BCUT2D eigenvalue weighted by Crippen LogP contribution is 2.16. The number of amides is 2. The lowest BCUT2D eigenvalue weighted by molar-refractivity contribution is -0.155. The Kier molecular flexibility index (Phi) is 4.59. The third kappa shape index (κ3) is 3.29. The van der Waals surface area contributed by atoms with Crippen LogP contribution >= 0.6 is 0 Å². The van der Waals surface area contributed by atoms with Crippen LogP contribution in [0.2, 0.25) is 0 Å². The van der Waals surface area contributed by atoms with Gasteiger partial charge in [0.25, 0.3) is 0 Å². The Hall–Kier alpha value is -2.70. The highest BCUT2D eigenvalue weighted by molar-refractivity contribution is 5.94. The maximum Gasteiger partial charge on any atom is 0.245 e. The fourth-order valence-corrected chi connectivity index (χ4v) is 2.87. The molecule has 0 N–H and O–H groups in total. The minimum Gasteiger partial charge on any atom is -0.331 e. The number of carbonyl (C=O) groups excluding carboxylic acids is 2. The summed E-state index contributed by atoms with van der Waals surface area (Å²) in [5.74, 6) is 0.589. The molecule has 3 rings (SSSR count). The molecule has 0 saturated carbocycles. The van der Waals surface area contributed by atoms with Crippen LogP contribution in [0.15, 0.2) is 36.7 Å². The van der Waals surface area contributed by atoms with Gasteiger partial charge in [0, 0.05) is 13.6 Å². The second kappa shape index (κ2) is 6.82. The van der Waals surface area contributed by atoms with E-state index in [0.29, 0.717) is 18.9 Å². The standard InChI is InChI=1S/C17H21N5O2/c1-13-17(24)21(9-8-14-6-4-3-5-7-14)11-16(23)22(13)10-15-19-18-12-20(15)2/h3-7,12-13H,8-11H2,1-2H3/t13-/m1/s1. The highest BCUT2D eigenvalue weighted by Gasteiger charge is 2.36. The predicted molar refractivity (Wildman–Crippen MR) is 87.7 cm³/mol. The van der Waals surface area contributed by atoms with E-state index in [2.05, 4.69) is 10.2 Å². The number of benzene rings is 1. The summed E-state index contributed by atoms with van der Waals surface area (Å²) in [5, 5.41) is 7.81. The van der Waals surface area contributed by atoms with Crippen LogP contribution in [0.1, 0.15) is 18.3 Å². The summed E-state index contributed by atoms with van der Waals surface area (Å²) in [4.78, 5) is 28.3. The number of aryl methyl sites for hydroxylation is 1. The molecule has 1 aromatic carbocycles. The first-order valence-corrected chi connectivity index (χ1v) is 8.01. The van der Waals surface area contributed by atoms with Crippen molar-refractivity contribution in [2.75, 3.05) is 13.1 Å². The Morgan fingerprint density at radius 1 is 1.21 bits per heavy atom. The summed E-state index contributed by atoms with van der Waals surface area (Å²) in [6.07, 6.45) is 2.33. The van der Waals surface area contributed by atoms with Gasteiger partial charge in [-0.25, -0.2) is 0 Å². The topological polar surface area (TPSA) is 71.3 Å². The van der Waals surface area contributed by atoms with Gasteiger partial charge < -0.3 is 14.4 Å². The number of nitrogens with zero attached hydrogens (tertiary/aromatic N) is 5. The van der Waals surface area contributed by atoms with Gasteiger partial charge in [0.1, 0.15) is 12.4 Å². The van der Waals surface area contributed by atoms with E-state index in [1.54, 1.807) is 27.6 Å². The van der Waals surface area contributed by atoms with Gasteiger partial charge in [-0.3, -0.25) is 9.59 Å². The van der Waals surface area contributed by atoms with Crippen LogP contribution in [-0.2, 0) is 29.6 Å². The van der Waals surface area contributed by atoms with Crippen molar-refractivity contribution in [2.24, 2.45) is 7.05 Å². The molecule has 2 aromatic rings. The molecule has 7 heteroatoms. The minimum absolute atomic E-state index is 0.0206.